The fraction of sp³-hybridized carbons (Fsp3) is 1.00. The Morgan fingerprint density at radius 2 is 2.36 bits per heavy atom. The lowest BCUT2D eigenvalue weighted by molar-refractivity contribution is 0.170. The third-order valence-electron chi connectivity index (χ3n) is 2.77. The van der Waals surface area contributed by atoms with Crippen molar-refractivity contribution in [2.45, 2.75) is 13.3 Å². The Balaban J connectivity index is 2.10. The van der Waals surface area contributed by atoms with Crippen LogP contribution < -0.4 is 5.32 Å². The van der Waals surface area contributed by atoms with Crippen molar-refractivity contribution in [2.75, 3.05) is 46.9 Å². The molecule has 0 aromatic carbocycles. The molecule has 3 heteroatoms. The molecule has 3 nitrogen and oxygen atoms in total. The van der Waals surface area contributed by atoms with Crippen LogP contribution in [0.25, 0.3) is 0 Å². The highest BCUT2D eigenvalue weighted by Gasteiger charge is 2.17. The van der Waals surface area contributed by atoms with Crippen molar-refractivity contribution in [3.63, 3.8) is 0 Å². The van der Waals surface area contributed by atoms with Gasteiger partial charge in [-0.15, -0.1) is 0 Å². The van der Waals surface area contributed by atoms with Gasteiger partial charge >= 0.3 is 0 Å². The smallest absolute Gasteiger partial charge is 0.0507 e. The first-order valence-electron chi connectivity index (χ1n) is 5.63. The zero-order chi connectivity index (χ0) is 10.4. The van der Waals surface area contributed by atoms with Crippen LogP contribution >= 0.6 is 0 Å². The largest absolute Gasteiger partial charge is 0.381 e. The Morgan fingerprint density at radius 3 is 2.93 bits per heavy atom. The molecule has 1 heterocycles. The van der Waals surface area contributed by atoms with Gasteiger partial charge in [0, 0.05) is 19.7 Å². The monoisotopic (exact) mass is 200 g/mol. The van der Waals surface area contributed by atoms with Crippen LogP contribution in [0.2, 0.25) is 0 Å². The molecule has 1 aliphatic heterocycles. The van der Waals surface area contributed by atoms with Crippen LogP contribution in [0, 0.1) is 11.8 Å². The predicted octanol–water partition coefficient (Wildman–Crippen LogP) is 0.810. The first-order valence-corrected chi connectivity index (χ1v) is 5.63. The number of ether oxygens (including phenoxy) is 1. The molecule has 0 radical (unpaired) electrons. The van der Waals surface area contributed by atoms with Gasteiger partial charge in [-0.05, 0) is 38.9 Å². The van der Waals surface area contributed by atoms with Crippen molar-refractivity contribution in [1.29, 1.82) is 0 Å². The molecule has 1 N–H and O–H groups in total. The minimum Gasteiger partial charge on any atom is -0.381 e. The highest BCUT2D eigenvalue weighted by Crippen LogP contribution is 2.13. The summed E-state index contributed by atoms with van der Waals surface area (Å²) in [5.74, 6) is 1.49. The maximum Gasteiger partial charge on any atom is 0.0507 e. The van der Waals surface area contributed by atoms with E-state index in [-0.39, 0.29) is 0 Å². The van der Waals surface area contributed by atoms with Gasteiger partial charge in [-0.3, -0.25) is 0 Å². The Morgan fingerprint density at radius 1 is 1.57 bits per heavy atom. The van der Waals surface area contributed by atoms with Gasteiger partial charge in [-0.1, -0.05) is 6.92 Å². The summed E-state index contributed by atoms with van der Waals surface area (Å²) in [6.45, 7) is 7.68. The van der Waals surface area contributed by atoms with Crippen LogP contribution in [-0.2, 0) is 4.74 Å². The predicted molar refractivity (Wildman–Crippen MR) is 59.5 cm³/mol. The summed E-state index contributed by atoms with van der Waals surface area (Å²) in [4.78, 5) is 2.43. The van der Waals surface area contributed by atoms with Gasteiger partial charge in [0.1, 0.15) is 0 Å². The maximum absolute atomic E-state index is 5.37. The number of rotatable bonds is 6. The van der Waals surface area contributed by atoms with E-state index in [1.165, 1.54) is 19.5 Å². The van der Waals surface area contributed by atoms with Gasteiger partial charge in [0.05, 0.1) is 6.61 Å². The number of nitrogens with zero attached hydrogens (tertiary/aromatic N) is 1. The summed E-state index contributed by atoms with van der Waals surface area (Å²) in [5.41, 5.74) is 0. The highest BCUT2D eigenvalue weighted by molar-refractivity contribution is 4.69. The first-order chi connectivity index (χ1) is 6.72. The molecule has 0 spiro atoms. The van der Waals surface area contributed by atoms with E-state index >= 15 is 0 Å². The van der Waals surface area contributed by atoms with Gasteiger partial charge < -0.3 is 15.0 Å². The minimum absolute atomic E-state index is 0.729. The van der Waals surface area contributed by atoms with E-state index in [4.69, 9.17) is 4.74 Å². The fourth-order valence-electron chi connectivity index (χ4n) is 2.19. The molecule has 0 aliphatic carbocycles. The zero-order valence-electron chi connectivity index (χ0n) is 9.75. The normalized spacial score (nSPS) is 24.4. The van der Waals surface area contributed by atoms with Crippen molar-refractivity contribution in [3.8, 4) is 0 Å². The molecule has 0 bridgehead atoms. The summed E-state index contributed by atoms with van der Waals surface area (Å²) in [6.07, 6.45) is 1.24. The van der Waals surface area contributed by atoms with Crippen LogP contribution in [0.3, 0.4) is 0 Å². The lowest BCUT2D eigenvalue weighted by atomic mass is 10.1. The Kier molecular flexibility index (Phi) is 5.45. The van der Waals surface area contributed by atoms with E-state index in [1.807, 2.05) is 7.05 Å². The third kappa shape index (κ3) is 4.40. The summed E-state index contributed by atoms with van der Waals surface area (Å²) in [6, 6.07) is 0. The third-order valence-corrected chi connectivity index (χ3v) is 2.77. The lowest BCUT2D eigenvalue weighted by Crippen LogP contribution is -2.33. The topological polar surface area (TPSA) is 24.5 Å². The zero-order valence-corrected chi connectivity index (χ0v) is 9.75. The molecular formula is C11H24N2O. The van der Waals surface area contributed by atoms with Gasteiger partial charge in [-0.25, -0.2) is 0 Å². The molecule has 1 fully saturated rings. The second-order valence-electron chi connectivity index (χ2n) is 4.61. The Hall–Kier alpha value is -0.120. The average molecular weight is 200 g/mol. The second-order valence-corrected chi connectivity index (χ2v) is 4.61. The van der Waals surface area contributed by atoms with E-state index < -0.39 is 0 Å². The molecule has 0 saturated carbocycles. The average Bonchev–Trinajstić information content (AvgIpc) is 2.56. The summed E-state index contributed by atoms with van der Waals surface area (Å²) in [7, 11) is 4.23. The van der Waals surface area contributed by atoms with E-state index in [0.717, 1.165) is 31.6 Å². The molecule has 1 saturated heterocycles. The summed E-state index contributed by atoms with van der Waals surface area (Å²) >= 11 is 0. The van der Waals surface area contributed by atoms with E-state index in [9.17, 15) is 0 Å². The standard InChI is InChI=1S/C11H24N2O/c1-10(6-12-2)7-13(3)8-11-4-5-14-9-11/h10-12H,4-9H2,1-3H3. The van der Waals surface area contributed by atoms with Crippen molar-refractivity contribution in [3.05, 3.63) is 0 Å². The molecule has 2 unspecified atom stereocenters. The summed E-state index contributed by atoms with van der Waals surface area (Å²) < 4.78 is 5.37. The Labute approximate surface area is 87.8 Å². The van der Waals surface area contributed by atoms with Crippen LogP contribution in [0.4, 0.5) is 0 Å². The SMILES string of the molecule is CNCC(C)CN(C)CC1CCOC1. The van der Waals surface area contributed by atoms with Crippen LogP contribution in [-0.4, -0.2) is 51.8 Å². The molecule has 2 atom stereocenters. The van der Waals surface area contributed by atoms with Gasteiger partial charge in [-0.2, -0.15) is 0 Å². The molecule has 1 aliphatic rings. The van der Waals surface area contributed by atoms with Gasteiger partial charge in [0.25, 0.3) is 0 Å². The van der Waals surface area contributed by atoms with Crippen molar-refractivity contribution >= 4 is 0 Å². The number of hydrogen-bond acceptors (Lipinski definition) is 3. The molecule has 0 amide bonds. The Bertz CT molecular complexity index is 146. The van der Waals surface area contributed by atoms with E-state index in [2.05, 4.69) is 24.2 Å². The fourth-order valence-corrected chi connectivity index (χ4v) is 2.19. The van der Waals surface area contributed by atoms with Crippen LogP contribution in [0.15, 0.2) is 0 Å². The van der Waals surface area contributed by atoms with Crippen LogP contribution in [0.1, 0.15) is 13.3 Å². The molecule has 1 rings (SSSR count). The minimum atomic E-state index is 0.729. The highest BCUT2D eigenvalue weighted by atomic mass is 16.5. The maximum atomic E-state index is 5.37. The van der Waals surface area contributed by atoms with Gasteiger partial charge in [0.2, 0.25) is 0 Å². The van der Waals surface area contributed by atoms with Crippen molar-refractivity contribution in [2.24, 2.45) is 11.8 Å². The van der Waals surface area contributed by atoms with Crippen LogP contribution in [0.5, 0.6) is 0 Å². The van der Waals surface area contributed by atoms with Crippen molar-refractivity contribution < 1.29 is 4.74 Å². The molecular weight excluding hydrogens is 176 g/mol. The van der Waals surface area contributed by atoms with E-state index in [1.54, 1.807) is 0 Å². The molecule has 14 heavy (non-hydrogen) atoms. The van der Waals surface area contributed by atoms with E-state index in [0.29, 0.717) is 0 Å². The first kappa shape index (κ1) is 12.0. The van der Waals surface area contributed by atoms with Gasteiger partial charge in [0.15, 0.2) is 0 Å². The summed E-state index contributed by atoms with van der Waals surface area (Å²) in [5, 5.41) is 3.22. The molecule has 84 valence electrons. The van der Waals surface area contributed by atoms with Crippen molar-refractivity contribution in [1.82, 2.24) is 10.2 Å². The quantitative estimate of drug-likeness (QED) is 0.687. The molecule has 0 aromatic rings. The second kappa shape index (κ2) is 6.38. The molecule has 0 aromatic heterocycles. The number of hydrogen-bond donors (Lipinski definition) is 1. The number of nitrogens with one attached hydrogen (secondary N) is 1. The lowest BCUT2D eigenvalue weighted by Gasteiger charge is -2.23.